The van der Waals surface area contributed by atoms with E-state index in [2.05, 4.69) is 4.99 Å². The van der Waals surface area contributed by atoms with Crippen molar-refractivity contribution in [1.82, 2.24) is 0 Å². The molecule has 4 rings (SSSR count). The number of aliphatic imine (C=N–C) groups is 1. The zero-order valence-corrected chi connectivity index (χ0v) is 9.96. The lowest BCUT2D eigenvalue weighted by Crippen LogP contribution is -2.23. The van der Waals surface area contributed by atoms with Crippen LogP contribution < -0.4 is 0 Å². The molecule has 0 bridgehead atoms. The first kappa shape index (κ1) is 10.4. The van der Waals surface area contributed by atoms with E-state index < -0.39 is 0 Å². The minimum Gasteiger partial charge on any atom is -0.287 e. The molecule has 0 saturated heterocycles. The fraction of sp³-hybridized carbons (Fsp3) is 0.0625. The normalized spacial score (nSPS) is 19.6. The van der Waals surface area contributed by atoms with Gasteiger partial charge in [-0.1, -0.05) is 42.5 Å². The SMILES string of the molecule is O=C1N=C2C(=O)c3ccccc3C2c2ccccc21. The number of ketones is 1. The Hall–Kier alpha value is -2.55. The summed E-state index contributed by atoms with van der Waals surface area (Å²) in [6.07, 6.45) is 0. The summed E-state index contributed by atoms with van der Waals surface area (Å²) in [7, 11) is 0. The largest absolute Gasteiger partial charge is 0.287 e. The van der Waals surface area contributed by atoms with Gasteiger partial charge in [-0.2, -0.15) is 0 Å². The number of hydrogen-bond donors (Lipinski definition) is 0. The maximum absolute atomic E-state index is 12.3. The van der Waals surface area contributed by atoms with E-state index in [4.69, 9.17) is 0 Å². The molecule has 0 saturated carbocycles. The Bertz CT molecular complexity index is 768. The maximum Gasteiger partial charge on any atom is 0.277 e. The van der Waals surface area contributed by atoms with Crippen molar-refractivity contribution in [3.05, 3.63) is 70.8 Å². The lowest BCUT2D eigenvalue weighted by molar-refractivity contribution is 0.0989. The number of amides is 1. The van der Waals surface area contributed by atoms with Gasteiger partial charge in [-0.05, 0) is 17.2 Å². The highest BCUT2D eigenvalue weighted by molar-refractivity contribution is 6.53. The first-order chi connectivity index (χ1) is 9.27. The number of rotatable bonds is 0. The zero-order valence-electron chi connectivity index (χ0n) is 9.96. The summed E-state index contributed by atoms with van der Waals surface area (Å²) < 4.78 is 0. The molecule has 1 atom stereocenters. The number of hydrogen-bond acceptors (Lipinski definition) is 2. The predicted molar refractivity (Wildman–Crippen MR) is 70.8 cm³/mol. The smallest absolute Gasteiger partial charge is 0.277 e. The fourth-order valence-corrected chi connectivity index (χ4v) is 2.92. The van der Waals surface area contributed by atoms with Crippen molar-refractivity contribution >= 4 is 17.4 Å². The van der Waals surface area contributed by atoms with Crippen LogP contribution in [0.25, 0.3) is 0 Å². The van der Waals surface area contributed by atoms with Crippen LogP contribution in [0.1, 0.15) is 37.8 Å². The van der Waals surface area contributed by atoms with E-state index >= 15 is 0 Å². The zero-order chi connectivity index (χ0) is 13.0. The van der Waals surface area contributed by atoms with E-state index in [0.717, 1.165) is 11.1 Å². The third-order valence-corrected chi connectivity index (χ3v) is 3.75. The summed E-state index contributed by atoms with van der Waals surface area (Å²) in [6, 6.07) is 14.9. The molecule has 2 aliphatic rings. The van der Waals surface area contributed by atoms with Crippen molar-refractivity contribution in [2.45, 2.75) is 5.92 Å². The second-order valence-electron chi connectivity index (χ2n) is 4.74. The number of fused-ring (bicyclic) bond motifs is 5. The highest BCUT2D eigenvalue weighted by Gasteiger charge is 2.41. The number of carbonyl (C=O) groups excluding carboxylic acids is 2. The molecule has 0 N–H and O–H groups in total. The van der Waals surface area contributed by atoms with Crippen LogP contribution >= 0.6 is 0 Å². The van der Waals surface area contributed by atoms with Gasteiger partial charge in [0.25, 0.3) is 5.91 Å². The molecule has 0 radical (unpaired) electrons. The van der Waals surface area contributed by atoms with Crippen molar-refractivity contribution < 1.29 is 9.59 Å². The van der Waals surface area contributed by atoms with Gasteiger partial charge in [-0.15, -0.1) is 0 Å². The van der Waals surface area contributed by atoms with E-state index in [1.165, 1.54) is 0 Å². The minimum absolute atomic E-state index is 0.122. The van der Waals surface area contributed by atoms with E-state index in [-0.39, 0.29) is 17.6 Å². The highest BCUT2D eigenvalue weighted by Crippen LogP contribution is 2.40. The monoisotopic (exact) mass is 247 g/mol. The van der Waals surface area contributed by atoms with E-state index in [0.29, 0.717) is 16.8 Å². The summed E-state index contributed by atoms with van der Waals surface area (Å²) in [6.45, 7) is 0. The molecule has 90 valence electrons. The van der Waals surface area contributed by atoms with E-state index in [1.54, 1.807) is 12.1 Å². The van der Waals surface area contributed by atoms with Crippen LogP contribution in [0, 0.1) is 0 Å². The van der Waals surface area contributed by atoms with Gasteiger partial charge in [-0.25, -0.2) is 4.99 Å². The molecule has 1 aliphatic carbocycles. The molecule has 1 unspecified atom stereocenters. The van der Waals surface area contributed by atoms with Crippen LogP contribution in [-0.2, 0) is 0 Å². The van der Waals surface area contributed by atoms with Gasteiger partial charge in [0.2, 0.25) is 5.78 Å². The van der Waals surface area contributed by atoms with Crippen LogP contribution in [0.15, 0.2) is 53.5 Å². The third-order valence-electron chi connectivity index (χ3n) is 3.75. The molecule has 0 fully saturated rings. The van der Waals surface area contributed by atoms with E-state index in [1.807, 2.05) is 36.4 Å². The maximum atomic E-state index is 12.3. The van der Waals surface area contributed by atoms with Gasteiger partial charge in [0.05, 0.1) is 5.92 Å². The molecule has 0 spiro atoms. The van der Waals surface area contributed by atoms with E-state index in [9.17, 15) is 9.59 Å². The molecule has 1 amide bonds. The van der Waals surface area contributed by atoms with Crippen LogP contribution in [0.3, 0.4) is 0 Å². The predicted octanol–water partition coefficient (Wildman–Crippen LogP) is 2.61. The minimum atomic E-state index is -0.317. The standard InChI is InChI=1S/C16H9NO2/c18-15-11-7-3-1-5-9(11)13-10-6-2-4-8-12(10)16(19)17-14(13)15/h1-8,13H. The van der Waals surface area contributed by atoms with Crippen LogP contribution in [0.5, 0.6) is 0 Å². The second-order valence-corrected chi connectivity index (χ2v) is 4.74. The van der Waals surface area contributed by atoms with Crippen molar-refractivity contribution in [3.63, 3.8) is 0 Å². The number of nitrogens with zero attached hydrogens (tertiary/aromatic N) is 1. The van der Waals surface area contributed by atoms with Crippen molar-refractivity contribution in [2.75, 3.05) is 0 Å². The third kappa shape index (κ3) is 1.24. The molecule has 2 aromatic carbocycles. The topological polar surface area (TPSA) is 46.5 Å². The molecule has 19 heavy (non-hydrogen) atoms. The number of carbonyl (C=O) groups is 2. The average molecular weight is 247 g/mol. The Morgan fingerprint density at radius 3 is 2.11 bits per heavy atom. The summed E-state index contributed by atoms with van der Waals surface area (Å²) in [5.41, 5.74) is 3.46. The molecule has 1 aliphatic heterocycles. The summed E-state index contributed by atoms with van der Waals surface area (Å²) in [5, 5.41) is 0. The molecule has 0 aromatic heterocycles. The first-order valence-electron chi connectivity index (χ1n) is 6.13. The fourth-order valence-electron chi connectivity index (χ4n) is 2.92. The molecular formula is C16H9NO2. The van der Waals surface area contributed by atoms with Crippen molar-refractivity contribution in [3.8, 4) is 0 Å². The molecule has 1 heterocycles. The van der Waals surface area contributed by atoms with Gasteiger partial charge in [0.15, 0.2) is 0 Å². The number of Topliss-reactive ketones (excluding diaryl/α,β-unsaturated/α-hetero) is 1. The Kier molecular flexibility index (Phi) is 1.90. The van der Waals surface area contributed by atoms with Crippen molar-refractivity contribution in [2.24, 2.45) is 4.99 Å². The van der Waals surface area contributed by atoms with Crippen LogP contribution in [0.2, 0.25) is 0 Å². The van der Waals surface area contributed by atoms with Gasteiger partial charge >= 0.3 is 0 Å². The van der Waals surface area contributed by atoms with Crippen molar-refractivity contribution in [1.29, 1.82) is 0 Å². The second kappa shape index (κ2) is 3.48. The molecule has 2 aromatic rings. The Labute approximate surface area is 109 Å². The van der Waals surface area contributed by atoms with Gasteiger partial charge in [-0.3, -0.25) is 9.59 Å². The van der Waals surface area contributed by atoms with Crippen LogP contribution in [0.4, 0.5) is 0 Å². The van der Waals surface area contributed by atoms with Gasteiger partial charge in [0, 0.05) is 11.1 Å². The number of benzene rings is 2. The first-order valence-corrected chi connectivity index (χ1v) is 6.13. The Balaban J connectivity index is 2.06. The lowest BCUT2D eigenvalue weighted by atomic mass is 9.86. The molecular weight excluding hydrogens is 238 g/mol. The Morgan fingerprint density at radius 2 is 1.37 bits per heavy atom. The Morgan fingerprint density at radius 1 is 0.789 bits per heavy atom. The lowest BCUT2D eigenvalue weighted by Gasteiger charge is -2.19. The molecule has 3 heteroatoms. The van der Waals surface area contributed by atoms with Gasteiger partial charge < -0.3 is 0 Å². The van der Waals surface area contributed by atoms with Gasteiger partial charge in [0.1, 0.15) is 5.71 Å². The quantitative estimate of drug-likeness (QED) is 0.718. The highest BCUT2D eigenvalue weighted by atomic mass is 16.2. The summed E-state index contributed by atoms with van der Waals surface area (Å²) in [4.78, 5) is 28.3. The summed E-state index contributed by atoms with van der Waals surface area (Å²) >= 11 is 0. The summed E-state index contributed by atoms with van der Waals surface area (Å²) in [5.74, 6) is -0.621. The van der Waals surface area contributed by atoms with Crippen LogP contribution in [-0.4, -0.2) is 17.4 Å². The molecule has 3 nitrogen and oxygen atoms in total. The average Bonchev–Trinajstić information content (AvgIpc) is 2.73.